The lowest BCUT2D eigenvalue weighted by molar-refractivity contribution is 0.0903. The van der Waals surface area contributed by atoms with E-state index in [9.17, 15) is 9.18 Å². The van der Waals surface area contributed by atoms with Crippen LogP contribution >= 0.6 is 0 Å². The van der Waals surface area contributed by atoms with Gasteiger partial charge in [0.1, 0.15) is 24.8 Å². The number of hydrogen-bond acceptors (Lipinski definition) is 3. The Hall–Kier alpha value is -2.20. The van der Waals surface area contributed by atoms with E-state index in [1.807, 2.05) is 6.92 Å². The smallest absolute Gasteiger partial charge is 0.188 e. The lowest BCUT2D eigenvalue weighted by Crippen LogP contribution is -2.06. The van der Waals surface area contributed by atoms with E-state index in [0.29, 0.717) is 17.7 Å². The summed E-state index contributed by atoms with van der Waals surface area (Å²) in [7, 11) is 0. The minimum absolute atomic E-state index is 0.262. The predicted molar refractivity (Wildman–Crippen MR) is 78.0 cm³/mol. The van der Waals surface area contributed by atoms with E-state index in [2.05, 4.69) is 0 Å². The molecule has 4 heteroatoms. The van der Waals surface area contributed by atoms with Crippen molar-refractivity contribution in [3.05, 3.63) is 65.0 Å². The first kappa shape index (κ1) is 15.2. The highest BCUT2D eigenvalue weighted by atomic mass is 19.1. The molecule has 0 amide bonds. The van der Waals surface area contributed by atoms with Gasteiger partial charge < -0.3 is 9.84 Å². The molecule has 0 saturated heterocycles. The molecule has 1 N–H and O–H groups in total. The van der Waals surface area contributed by atoms with E-state index in [0.717, 1.165) is 11.1 Å². The van der Waals surface area contributed by atoms with E-state index >= 15 is 0 Å². The van der Waals surface area contributed by atoms with Crippen LogP contribution in [0.2, 0.25) is 0 Å². The number of carbonyl (C=O) groups excluding carboxylic acids is 1. The van der Waals surface area contributed by atoms with E-state index in [1.165, 1.54) is 12.1 Å². The molecule has 110 valence electrons. The number of benzene rings is 2. The number of aryl methyl sites for hydroxylation is 1. The van der Waals surface area contributed by atoms with Gasteiger partial charge in [-0.15, -0.1) is 0 Å². The minimum Gasteiger partial charge on any atom is -0.489 e. The van der Waals surface area contributed by atoms with Gasteiger partial charge >= 0.3 is 0 Å². The van der Waals surface area contributed by atoms with Crippen LogP contribution in [0.1, 0.15) is 28.4 Å². The summed E-state index contributed by atoms with van der Waals surface area (Å²) in [5.41, 5.74) is 2.09. The molecule has 0 radical (unpaired) electrons. The zero-order chi connectivity index (χ0) is 15.2. The lowest BCUT2D eigenvalue weighted by Gasteiger charge is -2.12. The fourth-order valence-corrected chi connectivity index (χ4v) is 2.05. The molecule has 0 aromatic heterocycles. The second kappa shape index (κ2) is 6.99. The van der Waals surface area contributed by atoms with Crippen LogP contribution in [0.5, 0.6) is 5.75 Å². The SMILES string of the molecule is CCc1cc(C(=O)CO)ccc1OCc1cccc(F)c1. The maximum Gasteiger partial charge on any atom is 0.188 e. The molecule has 0 saturated carbocycles. The number of halogens is 1. The molecule has 0 aliphatic rings. The Bertz CT molecular complexity index is 638. The summed E-state index contributed by atoms with van der Waals surface area (Å²) < 4.78 is 18.8. The average molecular weight is 288 g/mol. The molecule has 3 nitrogen and oxygen atoms in total. The quantitative estimate of drug-likeness (QED) is 0.831. The van der Waals surface area contributed by atoms with Gasteiger partial charge in [-0.2, -0.15) is 0 Å². The Morgan fingerprint density at radius 1 is 1.24 bits per heavy atom. The summed E-state index contributed by atoms with van der Waals surface area (Å²) in [5, 5.41) is 8.88. The van der Waals surface area contributed by atoms with Crippen molar-refractivity contribution in [2.45, 2.75) is 20.0 Å². The molecule has 2 aromatic carbocycles. The number of aliphatic hydroxyl groups excluding tert-OH is 1. The highest BCUT2D eigenvalue weighted by Gasteiger charge is 2.09. The molecule has 0 unspecified atom stereocenters. The van der Waals surface area contributed by atoms with Crippen LogP contribution in [-0.4, -0.2) is 17.5 Å². The standard InChI is InChI=1S/C17H17FO3/c1-2-13-9-14(16(20)10-19)6-7-17(13)21-11-12-4-3-5-15(18)8-12/h3-9,19H,2,10-11H2,1H3. The molecule has 0 fully saturated rings. The maximum atomic E-state index is 13.1. The van der Waals surface area contributed by atoms with Crippen molar-refractivity contribution in [3.8, 4) is 5.75 Å². The van der Waals surface area contributed by atoms with Crippen molar-refractivity contribution >= 4 is 5.78 Å². The third-order valence-electron chi connectivity index (χ3n) is 3.19. The van der Waals surface area contributed by atoms with Gasteiger partial charge in [0.05, 0.1) is 0 Å². The van der Waals surface area contributed by atoms with E-state index in [4.69, 9.17) is 9.84 Å². The number of ketones is 1. The minimum atomic E-state index is -0.507. The summed E-state index contributed by atoms with van der Waals surface area (Å²) >= 11 is 0. The third-order valence-corrected chi connectivity index (χ3v) is 3.19. The van der Waals surface area contributed by atoms with Crippen molar-refractivity contribution in [3.63, 3.8) is 0 Å². The van der Waals surface area contributed by atoms with E-state index in [-0.39, 0.29) is 18.2 Å². The molecule has 0 atom stereocenters. The molecule has 0 aliphatic carbocycles. The highest BCUT2D eigenvalue weighted by Crippen LogP contribution is 2.22. The monoisotopic (exact) mass is 288 g/mol. The van der Waals surface area contributed by atoms with Crippen LogP contribution in [0.4, 0.5) is 4.39 Å². The summed E-state index contributed by atoms with van der Waals surface area (Å²) in [6.45, 7) is 1.71. The van der Waals surface area contributed by atoms with E-state index in [1.54, 1.807) is 30.3 Å². The van der Waals surface area contributed by atoms with Crippen LogP contribution in [0.25, 0.3) is 0 Å². The molecule has 0 bridgehead atoms. The summed E-state index contributed by atoms with van der Waals surface area (Å²) in [6, 6.07) is 11.3. The molecule has 2 rings (SSSR count). The first-order chi connectivity index (χ1) is 10.1. The van der Waals surface area contributed by atoms with Crippen molar-refractivity contribution in [2.24, 2.45) is 0 Å². The first-order valence-electron chi connectivity index (χ1n) is 6.78. The third kappa shape index (κ3) is 3.89. The van der Waals surface area contributed by atoms with Gasteiger partial charge in [-0.05, 0) is 47.9 Å². The lowest BCUT2D eigenvalue weighted by atomic mass is 10.0. The Labute approximate surface area is 123 Å². The fraction of sp³-hybridized carbons (Fsp3) is 0.235. The summed E-state index contributed by atoms with van der Waals surface area (Å²) in [5.74, 6) is 0.0494. The predicted octanol–water partition coefficient (Wildman–Crippen LogP) is 3.14. The van der Waals surface area contributed by atoms with Gasteiger partial charge in [0.15, 0.2) is 5.78 Å². The van der Waals surface area contributed by atoms with Gasteiger partial charge in [-0.1, -0.05) is 19.1 Å². The zero-order valence-electron chi connectivity index (χ0n) is 11.8. The van der Waals surface area contributed by atoms with Crippen LogP contribution in [0, 0.1) is 5.82 Å². The topological polar surface area (TPSA) is 46.5 Å². The Morgan fingerprint density at radius 2 is 2.05 bits per heavy atom. The molecular weight excluding hydrogens is 271 g/mol. The molecular formula is C17H17FO3. The first-order valence-corrected chi connectivity index (χ1v) is 6.78. The van der Waals surface area contributed by atoms with Crippen LogP contribution < -0.4 is 4.74 Å². The number of aliphatic hydroxyl groups is 1. The zero-order valence-corrected chi connectivity index (χ0v) is 11.8. The largest absolute Gasteiger partial charge is 0.489 e. The van der Waals surface area contributed by atoms with Gasteiger partial charge in [0.2, 0.25) is 0 Å². The van der Waals surface area contributed by atoms with Crippen molar-refractivity contribution in [1.82, 2.24) is 0 Å². The van der Waals surface area contributed by atoms with Crippen molar-refractivity contribution in [1.29, 1.82) is 0 Å². The number of rotatable bonds is 6. The average Bonchev–Trinajstić information content (AvgIpc) is 2.52. The summed E-state index contributed by atoms with van der Waals surface area (Å²) in [6.07, 6.45) is 0.699. The van der Waals surface area contributed by atoms with Crippen LogP contribution in [0.15, 0.2) is 42.5 Å². The molecule has 0 spiro atoms. The molecule has 2 aromatic rings. The van der Waals surface area contributed by atoms with Crippen LogP contribution in [-0.2, 0) is 13.0 Å². The Morgan fingerprint density at radius 3 is 2.71 bits per heavy atom. The number of Topliss-reactive ketones (excluding diaryl/α,β-unsaturated/α-hetero) is 1. The van der Waals surface area contributed by atoms with Crippen molar-refractivity contribution < 1.29 is 19.0 Å². The normalized spacial score (nSPS) is 10.4. The molecule has 0 heterocycles. The number of hydrogen-bond donors (Lipinski definition) is 1. The molecule has 21 heavy (non-hydrogen) atoms. The Kier molecular flexibility index (Phi) is 5.06. The second-order valence-electron chi connectivity index (χ2n) is 4.68. The van der Waals surface area contributed by atoms with Gasteiger partial charge in [0, 0.05) is 5.56 Å². The van der Waals surface area contributed by atoms with Gasteiger partial charge in [-0.25, -0.2) is 4.39 Å². The maximum absolute atomic E-state index is 13.1. The van der Waals surface area contributed by atoms with Crippen LogP contribution in [0.3, 0.4) is 0 Å². The van der Waals surface area contributed by atoms with Gasteiger partial charge in [0.25, 0.3) is 0 Å². The summed E-state index contributed by atoms with van der Waals surface area (Å²) in [4.78, 5) is 11.5. The Balaban J connectivity index is 2.14. The fourth-order valence-electron chi connectivity index (χ4n) is 2.05. The van der Waals surface area contributed by atoms with E-state index < -0.39 is 6.61 Å². The second-order valence-corrected chi connectivity index (χ2v) is 4.68. The van der Waals surface area contributed by atoms with Gasteiger partial charge in [-0.3, -0.25) is 4.79 Å². The van der Waals surface area contributed by atoms with Crippen molar-refractivity contribution in [2.75, 3.05) is 6.61 Å². The molecule has 0 aliphatic heterocycles. The number of ether oxygens (including phenoxy) is 1. The number of carbonyl (C=O) groups is 1. The highest BCUT2D eigenvalue weighted by molar-refractivity contribution is 5.97.